The van der Waals surface area contributed by atoms with Gasteiger partial charge in [0.2, 0.25) is 11.7 Å². The topological polar surface area (TPSA) is 86.6 Å². The molecule has 0 aliphatic heterocycles. The molecule has 1 unspecified atom stereocenters. The second kappa shape index (κ2) is 7.66. The molecule has 1 atom stereocenters. The fourth-order valence-corrected chi connectivity index (χ4v) is 2.27. The number of hydrogen-bond donors (Lipinski definition) is 3. The molecule has 0 radical (unpaired) electrons. The van der Waals surface area contributed by atoms with Crippen LogP contribution in [0.25, 0.3) is 0 Å². The predicted molar refractivity (Wildman–Crippen MR) is 91.0 cm³/mol. The minimum Gasteiger partial charge on any atom is -0.502 e. The van der Waals surface area contributed by atoms with E-state index in [4.69, 9.17) is 16.7 Å². The number of benzene rings is 2. The van der Waals surface area contributed by atoms with Gasteiger partial charge in [0.1, 0.15) is 0 Å². The van der Waals surface area contributed by atoms with Crippen molar-refractivity contribution in [2.24, 2.45) is 0 Å². The molecule has 2 aromatic carbocycles. The molecule has 2 rings (SSSR count). The Kier molecular flexibility index (Phi) is 5.60. The molecule has 0 heterocycles. The van der Waals surface area contributed by atoms with E-state index in [1.54, 1.807) is 24.3 Å². The van der Waals surface area contributed by atoms with Gasteiger partial charge in [-0.15, -0.1) is 0 Å². The van der Waals surface area contributed by atoms with Gasteiger partial charge >= 0.3 is 5.97 Å². The molecule has 0 bridgehead atoms. The molecule has 6 heteroatoms. The van der Waals surface area contributed by atoms with E-state index in [1.165, 1.54) is 0 Å². The van der Waals surface area contributed by atoms with Gasteiger partial charge in [-0.05, 0) is 30.2 Å². The Morgan fingerprint density at radius 3 is 2.00 bits per heavy atom. The summed E-state index contributed by atoms with van der Waals surface area (Å²) in [5.41, 5.74) is 2.67. The molecule has 0 saturated heterocycles. The minimum absolute atomic E-state index is 0.506. The number of hydrogen-bond acceptors (Lipinski definition) is 3. The van der Waals surface area contributed by atoms with Gasteiger partial charge in [0, 0.05) is 5.02 Å². The Morgan fingerprint density at radius 1 is 1.00 bits per heavy atom. The van der Waals surface area contributed by atoms with Crippen LogP contribution in [0.5, 0.6) is 0 Å². The van der Waals surface area contributed by atoms with Crippen LogP contribution in [-0.4, -0.2) is 22.1 Å². The van der Waals surface area contributed by atoms with Gasteiger partial charge in [-0.1, -0.05) is 53.6 Å². The molecule has 0 aromatic heterocycles. The summed E-state index contributed by atoms with van der Waals surface area (Å²) in [6.07, 6.45) is 0.638. The molecule has 124 valence electrons. The maximum atomic E-state index is 12.0. The third-order valence-electron chi connectivity index (χ3n) is 3.39. The molecule has 0 saturated carbocycles. The highest BCUT2D eigenvalue weighted by Crippen LogP contribution is 2.24. The van der Waals surface area contributed by atoms with Crippen LogP contribution in [-0.2, 0) is 9.59 Å². The molecule has 0 aliphatic carbocycles. The van der Waals surface area contributed by atoms with Crippen LogP contribution in [0.1, 0.15) is 22.7 Å². The molecule has 0 aliphatic rings. The van der Waals surface area contributed by atoms with Gasteiger partial charge in [0.05, 0.1) is 12.1 Å². The van der Waals surface area contributed by atoms with Crippen LogP contribution in [0.2, 0.25) is 5.02 Å². The number of rotatable bonds is 5. The number of carbonyl (C=O) groups is 2. The van der Waals surface area contributed by atoms with Crippen molar-refractivity contribution in [3.63, 3.8) is 0 Å². The summed E-state index contributed by atoms with van der Waals surface area (Å²) < 4.78 is 0. The number of halogens is 1. The smallest absolute Gasteiger partial charge is 0.371 e. The van der Waals surface area contributed by atoms with Crippen LogP contribution < -0.4 is 5.32 Å². The number of aliphatic hydroxyl groups excluding tert-OH is 1. The molecule has 0 spiro atoms. The first-order valence-electron chi connectivity index (χ1n) is 7.13. The Bertz CT molecular complexity index is 721. The molecular formula is C18H16ClNO4. The molecule has 2 aromatic rings. The lowest BCUT2D eigenvalue weighted by Gasteiger charge is -2.19. The van der Waals surface area contributed by atoms with E-state index in [9.17, 15) is 14.7 Å². The van der Waals surface area contributed by atoms with Gasteiger partial charge in [-0.3, -0.25) is 4.79 Å². The average molecular weight is 346 g/mol. The van der Waals surface area contributed by atoms with Crippen molar-refractivity contribution in [3.8, 4) is 0 Å². The average Bonchev–Trinajstić information content (AvgIpc) is 2.54. The van der Waals surface area contributed by atoms with Crippen molar-refractivity contribution in [2.45, 2.75) is 13.0 Å². The monoisotopic (exact) mass is 345 g/mol. The van der Waals surface area contributed by atoms with Crippen LogP contribution in [0.3, 0.4) is 0 Å². The van der Waals surface area contributed by atoms with Gasteiger partial charge in [0.15, 0.2) is 0 Å². The zero-order chi connectivity index (χ0) is 17.7. The van der Waals surface area contributed by atoms with Crippen LogP contribution in [0.15, 0.2) is 60.4 Å². The first-order valence-corrected chi connectivity index (χ1v) is 7.51. The van der Waals surface area contributed by atoms with Crippen molar-refractivity contribution in [1.29, 1.82) is 0 Å². The van der Waals surface area contributed by atoms with Crippen molar-refractivity contribution in [2.75, 3.05) is 0 Å². The van der Waals surface area contributed by atoms with E-state index in [1.807, 2.05) is 31.2 Å². The Balaban J connectivity index is 2.34. The lowest BCUT2D eigenvalue weighted by atomic mass is 9.97. The number of carbonyl (C=O) groups excluding carboxylic acids is 1. The zero-order valence-electron chi connectivity index (χ0n) is 12.9. The third-order valence-corrected chi connectivity index (χ3v) is 3.64. The summed E-state index contributed by atoms with van der Waals surface area (Å²) in [6.45, 7) is 1.95. The van der Waals surface area contributed by atoms with E-state index >= 15 is 0 Å². The van der Waals surface area contributed by atoms with Crippen molar-refractivity contribution in [3.05, 3.63) is 82.1 Å². The molecule has 0 fully saturated rings. The second-order valence-corrected chi connectivity index (χ2v) is 5.68. The number of aliphatic carboxylic acids is 1. The maximum absolute atomic E-state index is 12.0. The normalized spacial score (nSPS) is 12.5. The quantitative estimate of drug-likeness (QED) is 0.572. The van der Waals surface area contributed by atoms with Crippen LogP contribution in [0.4, 0.5) is 0 Å². The molecular weight excluding hydrogens is 330 g/mol. The fourth-order valence-electron chi connectivity index (χ4n) is 2.14. The van der Waals surface area contributed by atoms with E-state index in [2.05, 4.69) is 5.32 Å². The second-order valence-electron chi connectivity index (χ2n) is 5.24. The molecule has 3 N–H and O–H groups in total. The summed E-state index contributed by atoms with van der Waals surface area (Å²) in [6, 6.07) is 14.0. The van der Waals surface area contributed by atoms with E-state index in [0.29, 0.717) is 11.1 Å². The molecule has 5 nitrogen and oxygen atoms in total. The molecule has 24 heavy (non-hydrogen) atoms. The highest BCUT2D eigenvalue weighted by molar-refractivity contribution is 6.30. The number of carboxylic acid groups (broad SMARTS) is 1. The lowest BCUT2D eigenvalue weighted by Crippen LogP contribution is -2.28. The lowest BCUT2D eigenvalue weighted by molar-refractivity contribution is -0.136. The number of amides is 1. The third kappa shape index (κ3) is 4.60. The van der Waals surface area contributed by atoms with Crippen LogP contribution >= 0.6 is 11.6 Å². The number of carboxylic acids is 1. The fraction of sp³-hybridized carbons (Fsp3) is 0.111. The number of nitrogens with one attached hydrogen (secondary N) is 1. The SMILES string of the molecule is Cc1ccc(C(NC(=O)C=C(O)C(=O)O)c2ccc(Cl)cc2)cc1. The van der Waals surface area contributed by atoms with E-state index in [0.717, 1.165) is 16.7 Å². The summed E-state index contributed by atoms with van der Waals surface area (Å²) in [7, 11) is 0. The van der Waals surface area contributed by atoms with Crippen LogP contribution in [0, 0.1) is 6.92 Å². The summed E-state index contributed by atoms with van der Waals surface area (Å²) in [5.74, 6) is -3.30. The van der Waals surface area contributed by atoms with Crippen molar-refractivity contribution >= 4 is 23.5 Å². The molecule has 1 amide bonds. The number of aryl methyl sites for hydroxylation is 1. The van der Waals surface area contributed by atoms with E-state index in [-0.39, 0.29) is 0 Å². The first-order chi connectivity index (χ1) is 11.4. The van der Waals surface area contributed by atoms with Gasteiger partial charge in [-0.25, -0.2) is 4.79 Å². The summed E-state index contributed by atoms with van der Waals surface area (Å²) >= 11 is 5.90. The highest BCUT2D eigenvalue weighted by Gasteiger charge is 2.17. The number of aliphatic hydroxyl groups is 1. The standard InChI is InChI=1S/C18H16ClNO4/c1-11-2-4-12(5-3-11)17(13-6-8-14(19)9-7-13)20-16(22)10-15(21)18(23)24/h2-10,17,21H,1H3,(H,20,22)(H,23,24). The first kappa shape index (κ1) is 17.6. The maximum Gasteiger partial charge on any atom is 0.371 e. The largest absolute Gasteiger partial charge is 0.502 e. The van der Waals surface area contributed by atoms with Gasteiger partial charge in [-0.2, -0.15) is 0 Å². The minimum atomic E-state index is -1.57. The predicted octanol–water partition coefficient (Wildman–Crippen LogP) is 3.38. The Labute approximate surface area is 144 Å². The summed E-state index contributed by atoms with van der Waals surface area (Å²) in [4.78, 5) is 22.6. The van der Waals surface area contributed by atoms with Crippen molar-refractivity contribution < 1.29 is 19.8 Å². The Morgan fingerprint density at radius 2 is 1.50 bits per heavy atom. The van der Waals surface area contributed by atoms with Crippen molar-refractivity contribution in [1.82, 2.24) is 5.32 Å². The highest BCUT2D eigenvalue weighted by atomic mass is 35.5. The van der Waals surface area contributed by atoms with E-state index < -0.39 is 23.7 Å². The Hall–Kier alpha value is -2.79. The van der Waals surface area contributed by atoms with Gasteiger partial charge < -0.3 is 15.5 Å². The van der Waals surface area contributed by atoms with Gasteiger partial charge in [0.25, 0.3) is 0 Å². The summed E-state index contributed by atoms with van der Waals surface area (Å²) in [5, 5.41) is 21.1. The zero-order valence-corrected chi connectivity index (χ0v) is 13.6.